The number of likely N-dealkylation sites (N-methyl/N-ethyl adjacent to an activating group) is 1. The van der Waals surface area contributed by atoms with Gasteiger partial charge in [0.25, 0.3) is 5.91 Å². The third-order valence-corrected chi connectivity index (χ3v) is 5.89. The van der Waals surface area contributed by atoms with Crippen molar-refractivity contribution in [2.24, 2.45) is 0 Å². The molecule has 0 fully saturated rings. The van der Waals surface area contributed by atoms with E-state index in [-0.39, 0.29) is 25.0 Å². The second kappa shape index (κ2) is 11.9. The predicted octanol–water partition coefficient (Wildman–Crippen LogP) is 4.71. The van der Waals surface area contributed by atoms with Gasteiger partial charge in [0.1, 0.15) is 11.8 Å². The fourth-order valence-electron chi connectivity index (χ4n) is 3.31. The monoisotopic (exact) mass is 562 g/mol. The first-order valence-electron chi connectivity index (χ1n) is 10.1. The van der Waals surface area contributed by atoms with Gasteiger partial charge in [-0.25, -0.2) is 0 Å². The molecule has 0 spiro atoms. The molecule has 3 aromatic rings. The lowest BCUT2D eigenvalue weighted by Crippen LogP contribution is -2.51. The van der Waals surface area contributed by atoms with E-state index in [1.54, 1.807) is 24.1 Å². The maximum Gasteiger partial charge on any atom is 0.261 e. The second-order valence-electron chi connectivity index (χ2n) is 7.21. The molecule has 3 rings (SSSR count). The molecule has 5 nitrogen and oxygen atoms in total. The minimum Gasteiger partial charge on any atom is -0.484 e. The van der Waals surface area contributed by atoms with Gasteiger partial charge in [0.2, 0.25) is 5.91 Å². The van der Waals surface area contributed by atoms with E-state index in [0.29, 0.717) is 17.2 Å². The SMILES string of the molecule is CNC(=O)[C@H](Cc1ccccc1)N(Cc1cccc(Cl)c1)C(=O)COc1ccc(I)cc1. The second-order valence-corrected chi connectivity index (χ2v) is 8.90. The topological polar surface area (TPSA) is 58.6 Å². The molecule has 3 aromatic carbocycles. The fourth-order valence-corrected chi connectivity index (χ4v) is 3.88. The standard InChI is InChI=1S/C25H24ClIN2O3/c1-28-25(31)23(15-18-6-3-2-4-7-18)29(16-19-8-5-9-20(26)14-19)24(30)17-32-22-12-10-21(27)11-13-22/h2-14,23H,15-17H2,1H3,(H,28,31)/t23-/m0/s1. The number of hydrogen-bond donors (Lipinski definition) is 1. The van der Waals surface area contributed by atoms with E-state index in [4.69, 9.17) is 16.3 Å². The predicted molar refractivity (Wildman–Crippen MR) is 135 cm³/mol. The van der Waals surface area contributed by atoms with Gasteiger partial charge < -0.3 is 15.0 Å². The van der Waals surface area contributed by atoms with Crippen LogP contribution in [0.15, 0.2) is 78.9 Å². The Labute approximate surface area is 206 Å². The summed E-state index contributed by atoms with van der Waals surface area (Å²) in [7, 11) is 1.57. The van der Waals surface area contributed by atoms with Crippen LogP contribution in [0, 0.1) is 3.57 Å². The normalized spacial score (nSPS) is 11.5. The Hall–Kier alpha value is -2.58. The quantitative estimate of drug-likeness (QED) is 0.385. The maximum absolute atomic E-state index is 13.3. The molecule has 7 heteroatoms. The van der Waals surface area contributed by atoms with Crippen LogP contribution < -0.4 is 10.1 Å². The number of halogens is 2. The smallest absolute Gasteiger partial charge is 0.261 e. The molecular weight excluding hydrogens is 539 g/mol. The molecule has 0 aliphatic rings. The maximum atomic E-state index is 13.3. The van der Waals surface area contributed by atoms with E-state index in [1.807, 2.05) is 66.7 Å². The zero-order chi connectivity index (χ0) is 22.9. The Morgan fingerprint density at radius 1 is 1.00 bits per heavy atom. The average Bonchev–Trinajstić information content (AvgIpc) is 2.81. The number of amides is 2. The molecular formula is C25H24ClIN2O3. The van der Waals surface area contributed by atoms with Gasteiger partial charge in [-0.1, -0.05) is 54.1 Å². The van der Waals surface area contributed by atoms with Crippen LogP contribution in [0.1, 0.15) is 11.1 Å². The van der Waals surface area contributed by atoms with Gasteiger partial charge in [-0.15, -0.1) is 0 Å². The van der Waals surface area contributed by atoms with Gasteiger partial charge >= 0.3 is 0 Å². The fraction of sp³-hybridized carbons (Fsp3) is 0.200. The number of benzene rings is 3. The van der Waals surface area contributed by atoms with Crippen LogP contribution in [-0.2, 0) is 22.6 Å². The molecule has 2 amide bonds. The third kappa shape index (κ3) is 6.97. The highest BCUT2D eigenvalue weighted by atomic mass is 127. The summed E-state index contributed by atoms with van der Waals surface area (Å²) in [5.41, 5.74) is 1.80. The molecule has 0 unspecified atom stereocenters. The molecule has 0 radical (unpaired) electrons. The minimum atomic E-state index is -0.700. The third-order valence-electron chi connectivity index (χ3n) is 4.94. The number of nitrogens with zero attached hydrogens (tertiary/aromatic N) is 1. The lowest BCUT2D eigenvalue weighted by atomic mass is 10.0. The Morgan fingerprint density at radius 2 is 1.69 bits per heavy atom. The van der Waals surface area contributed by atoms with Crippen LogP contribution in [-0.4, -0.2) is 36.4 Å². The van der Waals surface area contributed by atoms with Crippen molar-refractivity contribution >= 4 is 46.0 Å². The average molecular weight is 563 g/mol. The lowest BCUT2D eigenvalue weighted by molar-refractivity contribution is -0.142. The number of rotatable bonds is 9. The first kappa shape index (κ1) is 24.1. The van der Waals surface area contributed by atoms with E-state index >= 15 is 0 Å². The molecule has 1 atom stereocenters. The van der Waals surface area contributed by atoms with E-state index < -0.39 is 6.04 Å². The van der Waals surface area contributed by atoms with Crippen molar-refractivity contribution in [3.05, 3.63) is 98.6 Å². The van der Waals surface area contributed by atoms with Gasteiger partial charge in [0.15, 0.2) is 6.61 Å². The summed E-state index contributed by atoms with van der Waals surface area (Å²) in [4.78, 5) is 27.7. The molecule has 1 N–H and O–H groups in total. The Bertz CT molecular complexity index is 1040. The van der Waals surface area contributed by atoms with E-state index in [0.717, 1.165) is 14.7 Å². The number of carbonyl (C=O) groups excluding carboxylic acids is 2. The lowest BCUT2D eigenvalue weighted by Gasteiger charge is -2.31. The molecule has 0 aromatic heterocycles. The van der Waals surface area contributed by atoms with Crippen LogP contribution in [0.2, 0.25) is 5.02 Å². The molecule has 0 bridgehead atoms. The number of ether oxygens (including phenoxy) is 1. The Kier molecular flexibility index (Phi) is 8.93. The van der Waals surface area contributed by atoms with Crippen LogP contribution in [0.25, 0.3) is 0 Å². The number of carbonyl (C=O) groups is 2. The van der Waals surface area contributed by atoms with Crippen molar-refractivity contribution in [3.8, 4) is 5.75 Å². The minimum absolute atomic E-state index is 0.177. The van der Waals surface area contributed by atoms with Crippen molar-refractivity contribution in [1.82, 2.24) is 10.2 Å². The summed E-state index contributed by atoms with van der Waals surface area (Å²) in [5.74, 6) is 0.0765. The van der Waals surface area contributed by atoms with Gasteiger partial charge in [0.05, 0.1) is 0 Å². The van der Waals surface area contributed by atoms with Crippen LogP contribution >= 0.6 is 34.2 Å². The highest BCUT2D eigenvalue weighted by Crippen LogP contribution is 2.19. The van der Waals surface area contributed by atoms with Crippen molar-refractivity contribution in [2.45, 2.75) is 19.0 Å². The highest BCUT2D eigenvalue weighted by Gasteiger charge is 2.30. The molecule has 0 saturated heterocycles. The van der Waals surface area contributed by atoms with Crippen molar-refractivity contribution in [2.75, 3.05) is 13.7 Å². The molecule has 0 aliphatic heterocycles. The summed E-state index contributed by atoms with van der Waals surface area (Å²) in [6.45, 7) is 0.0593. The van der Waals surface area contributed by atoms with Crippen molar-refractivity contribution in [1.29, 1.82) is 0 Å². The molecule has 0 heterocycles. The van der Waals surface area contributed by atoms with Crippen LogP contribution in [0.4, 0.5) is 0 Å². The molecule has 32 heavy (non-hydrogen) atoms. The van der Waals surface area contributed by atoms with E-state index in [1.165, 1.54) is 0 Å². The first-order valence-corrected chi connectivity index (χ1v) is 11.6. The summed E-state index contributed by atoms with van der Waals surface area (Å²) in [6, 6.07) is 23.7. The van der Waals surface area contributed by atoms with Crippen molar-refractivity contribution < 1.29 is 14.3 Å². The van der Waals surface area contributed by atoms with Gasteiger partial charge in [-0.2, -0.15) is 0 Å². The van der Waals surface area contributed by atoms with Gasteiger partial charge in [-0.05, 0) is 70.1 Å². The first-order chi connectivity index (χ1) is 15.5. The number of nitrogens with one attached hydrogen (secondary N) is 1. The Balaban J connectivity index is 1.86. The molecule has 0 saturated carbocycles. The van der Waals surface area contributed by atoms with Crippen LogP contribution in [0.3, 0.4) is 0 Å². The van der Waals surface area contributed by atoms with E-state index in [9.17, 15) is 9.59 Å². The van der Waals surface area contributed by atoms with Gasteiger partial charge in [0, 0.05) is 28.6 Å². The van der Waals surface area contributed by atoms with Crippen molar-refractivity contribution in [3.63, 3.8) is 0 Å². The molecule has 0 aliphatic carbocycles. The highest BCUT2D eigenvalue weighted by molar-refractivity contribution is 14.1. The zero-order valence-corrected chi connectivity index (χ0v) is 20.5. The zero-order valence-electron chi connectivity index (χ0n) is 17.6. The summed E-state index contributed by atoms with van der Waals surface area (Å²) < 4.78 is 6.80. The number of hydrogen-bond acceptors (Lipinski definition) is 3. The largest absolute Gasteiger partial charge is 0.484 e. The summed E-state index contributed by atoms with van der Waals surface area (Å²) in [6.07, 6.45) is 0.385. The van der Waals surface area contributed by atoms with Crippen LogP contribution in [0.5, 0.6) is 5.75 Å². The Morgan fingerprint density at radius 3 is 2.34 bits per heavy atom. The molecule has 166 valence electrons. The summed E-state index contributed by atoms with van der Waals surface area (Å²) in [5, 5.41) is 3.27. The summed E-state index contributed by atoms with van der Waals surface area (Å²) >= 11 is 8.36. The van der Waals surface area contributed by atoms with E-state index in [2.05, 4.69) is 27.9 Å². The van der Waals surface area contributed by atoms with Gasteiger partial charge in [-0.3, -0.25) is 9.59 Å².